The molecule has 19 heavy (non-hydrogen) atoms. The summed E-state index contributed by atoms with van der Waals surface area (Å²) in [6.45, 7) is 3.75. The zero-order chi connectivity index (χ0) is 14.2. The summed E-state index contributed by atoms with van der Waals surface area (Å²) < 4.78 is 13.1. The van der Waals surface area contributed by atoms with E-state index in [0.29, 0.717) is 12.0 Å². The number of halogens is 2. The molecule has 0 aromatic heterocycles. The maximum absolute atomic E-state index is 13.1. The molecule has 0 spiro atoms. The molecule has 1 aliphatic heterocycles. The number of benzene rings is 1. The van der Waals surface area contributed by atoms with Gasteiger partial charge in [0.25, 0.3) is 5.91 Å². The number of carbonyl (C=O) groups is 2. The highest BCUT2D eigenvalue weighted by Gasteiger charge is 2.47. The second-order valence-electron chi connectivity index (χ2n) is 4.72. The molecule has 1 unspecified atom stereocenters. The molecule has 6 heteroatoms. The Labute approximate surface area is 115 Å². The van der Waals surface area contributed by atoms with E-state index in [1.165, 1.54) is 17.0 Å². The van der Waals surface area contributed by atoms with Crippen LogP contribution >= 0.6 is 11.6 Å². The summed E-state index contributed by atoms with van der Waals surface area (Å²) in [5.41, 5.74) is -0.200. The molecule has 1 aromatic carbocycles. The van der Waals surface area contributed by atoms with Gasteiger partial charge in [-0.1, -0.05) is 24.6 Å². The van der Waals surface area contributed by atoms with E-state index in [0.717, 1.165) is 0 Å². The predicted molar refractivity (Wildman–Crippen MR) is 69.2 cm³/mol. The molecule has 2 rings (SSSR count). The lowest BCUT2D eigenvalue weighted by Gasteiger charge is -2.30. The van der Waals surface area contributed by atoms with Crippen molar-refractivity contribution >= 4 is 23.5 Å². The summed E-state index contributed by atoms with van der Waals surface area (Å²) in [7, 11) is 0. The van der Waals surface area contributed by atoms with E-state index < -0.39 is 17.4 Å². The molecular weight excluding hydrogens is 271 g/mol. The van der Waals surface area contributed by atoms with Crippen molar-refractivity contribution in [1.82, 2.24) is 10.2 Å². The van der Waals surface area contributed by atoms with Gasteiger partial charge in [-0.3, -0.25) is 10.1 Å². The third-order valence-electron chi connectivity index (χ3n) is 3.56. The minimum absolute atomic E-state index is 0.00151. The molecule has 3 amide bonds. The van der Waals surface area contributed by atoms with Gasteiger partial charge in [0.05, 0.1) is 5.02 Å². The second-order valence-corrected chi connectivity index (χ2v) is 5.13. The molecule has 0 bridgehead atoms. The minimum Gasteiger partial charge on any atom is -0.306 e. The Morgan fingerprint density at radius 1 is 1.42 bits per heavy atom. The number of nitrogens with one attached hydrogen (secondary N) is 1. The number of rotatable bonds is 3. The molecule has 1 saturated heterocycles. The van der Waals surface area contributed by atoms with Crippen LogP contribution in [0.25, 0.3) is 0 Å². The Morgan fingerprint density at radius 3 is 2.68 bits per heavy atom. The monoisotopic (exact) mass is 284 g/mol. The summed E-state index contributed by atoms with van der Waals surface area (Å²) >= 11 is 5.71. The highest BCUT2D eigenvalue weighted by atomic mass is 35.5. The predicted octanol–water partition coefficient (Wildman–Crippen LogP) is 2.70. The molecule has 1 atom stereocenters. The first-order valence-electron chi connectivity index (χ1n) is 5.95. The van der Waals surface area contributed by atoms with Crippen molar-refractivity contribution in [3.8, 4) is 0 Å². The Kier molecular flexibility index (Phi) is 3.49. The molecular formula is C13H14ClFN2O2. The first-order valence-corrected chi connectivity index (χ1v) is 6.33. The average Bonchev–Trinajstić information content (AvgIpc) is 2.58. The lowest BCUT2D eigenvalue weighted by molar-refractivity contribution is -0.126. The Bertz CT molecular complexity index is 549. The first kappa shape index (κ1) is 13.8. The van der Waals surface area contributed by atoms with Crippen molar-refractivity contribution in [3.05, 3.63) is 34.6 Å². The lowest BCUT2D eigenvalue weighted by atomic mass is 9.97. The van der Waals surface area contributed by atoms with E-state index >= 15 is 0 Å². The topological polar surface area (TPSA) is 49.4 Å². The number of amides is 3. The van der Waals surface area contributed by atoms with Gasteiger partial charge < -0.3 is 4.90 Å². The van der Waals surface area contributed by atoms with Crippen LogP contribution in [0.3, 0.4) is 0 Å². The van der Waals surface area contributed by atoms with Crippen molar-refractivity contribution < 1.29 is 14.0 Å². The van der Waals surface area contributed by atoms with Crippen LogP contribution in [0.5, 0.6) is 0 Å². The molecule has 0 saturated carbocycles. The van der Waals surface area contributed by atoms with Gasteiger partial charge in [-0.15, -0.1) is 0 Å². The van der Waals surface area contributed by atoms with Crippen molar-refractivity contribution in [2.45, 2.75) is 32.4 Å². The van der Waals surface area contributed by atoms with Gasteiger partial charge in [0.15, 0.2) is 0 Å². The van der Waals surface area contributed by atoms with E-state index in [1.807, 2.05) is 6.92 Å². The van der Waals surface area contributed by atoms with Crippen molar-refractivity contribution in [2.24, 2.45) is 0 Å². The summed E-state index contributed by atoms with van der Waals surface area (Å²) in [6.07, 6.45) is 0.500. The molecule has 102 valence electrons. The van der Waals surface area contributed by atoms with E-state index in [9.17, 15) is 14.0 Å². The van der Waals surface area contributed by atoms with Crippen molar-refractivity contribution in [2.75, 3.05) is 0 Å². The van der Waals surface area contributed by atoms with Crippen LogP contribution < -0.4 is 5.32 Å². The quantitative estimate of drug-likeness (QED) is 0.868. The molecule has 1 fully saturated rings. The third-order valence-corrected chi connectivity index (χ3v) is 3.85. The van der Waals surface area contributed by atoms with Crippen LogP contribution in [0.1, 0.15) is 25.8 Å². The summed E-state index contributed by atoms with van der Waals surface area (Å²) in [6, 6.07) is 3.82. The van der Waals surface area contributed by atoms with Crippen LogP contribution in [-0.2, 0) is 11.3 Å². The van der Waals surface area contributed by atoms with Crippen LogP contribution in [0.2, 0.25) is 5.02 Å². The fourth-order valence-corrected chi connectivity index (χ4v) is 2.27. The Morgan fingerprint density at radius 2 is 2.11 bits per heavy atom. The zero-order valence-electron chi connectivity index (χ0n) is 10.7. The van der Waals surface area contributed by atoms with E-state index in [-0.39, 0.29) is 17.5 Å². The highest BCUT2D eigenvalue weighted by molar-refractivity contribution is 6.30. The number of hydrogen-bond donors (Lipinski definition) is 1. The number of imide groups is 1. The molecule has 4 nitrogen and oxygen atoms in total. The van der Waals surface area contributed by atoms with Gasteiger partial charge in [-0.2, -0.15) is 0 Å². The van der Waals surface area contributed by atoms with E-state index in [1.54, 1.807) is 13.0 Å². The summed E-state index contributed by atoms with van der Waals surface area (Å²) in [5, 5.41) is 2.30. The molecule has 1 aromatic rings. The van der Waals surface area contributed by atoms with Crippen molar-refractivity contribution in [1.29, 1.82) is 0 Å². The van der Waals surface area contributed by atoms with Crippen LogP contribution in [0.4, 0.5) is 9.18 Å². The van der Waals surface area contributed by atoms with Gasteiger partial charge >= 0.3 is 6.03 Å². The van der Waals surface area contributed by atoms with E-state index in [2.05, 4.69) is 5.32 Å². The number of carbonyl (C=O) groups excluding carboxylic acids is 2. The van der Waals surface area contributed by atoms with Gasteiger partial charge in [0.1, 0.15) is 11.4 Å². The molecule has 1 aliphatic rings. The van der Waals surface area contributed by atoms with E-state index in [4.69, 9.17) is 11.6 Å². The number of hydrogen-bond acceptors (Lipinski definition) is 2. The normalized spacial score (nSPS) is 22.8. The maximum Gasteiger partial charge on any atom is 0.325 e. The smallest absolute Gasteiger partial charge is 0.306 e. The first-order chi connectivity index (χ1) is 8.88. The fraction of sp³-hybridized carbons (Fsp3) is 0.385. The maximum atomic E-state index is 13.1. The number of urea groups is 1. The Hall–Kier alpha value is -1.62. The van der Waals surface area contributed by atoms with Crippen LogP contribution in [-0.4, -0.2) is 22.4 Å². The molecule has 0 radical (unpaired) electrons. The molecule has 1 heterocycles. The van der Waals surface area contributed by atoms with Gasteiger partial charge in [0, 0.05) is 6.54 Å². The SMILES string of the molecule is CCC1(C)C(=O)NC(=O)N1Cc1ccc(F)c(Cl)c1. The van der Waals surface area contributed by atoms with Crippen LogP contribution in [0, 0.1) is 5.82 Å². The Balaban J connectivity index is 2.28. The lowest BCUT2D eigenvalue weighted by Crippen LogP contribution is -2.45. The summed E-state index contributed by atoms with van der Waals surface area (Å²) in [4.78, 5) is 25.0. The minimum atomic E-state index is -0.877. The summed E-state index contributed by atoms with van der Waals surface area (Å²) in [5.74, 6) is -0.821. The van der Waals surface area contributed by atoms with Gasteiger partial charge in [-0.25, -0.2) is 9.18 Å². The highest BCUT2D eigenvalue weighted by Crippen LogP contribution is 2.28. The fourth-order valence-electron chi connectivity index (χ4n) is 2.06. The zero-order valence-corrected chi connectivity index (χ0v) is 11.4. The third kappa shape index (κ3) is 2.30. The van der Waals surface area contributed by atoms with Gasteiger partial charge in [-0.05, 0) is 31.0 Å². The van der Waals surface area contributed by atoms with Crippen LogP contribution in [0.15, 0.2) is 18.2 Å². The van der Waals surface area contributed by atoms with Gasteiger partial charge in [0.2, 0.25) is 0 Å². The molecule has 0 aliphatic carbocycles. The standard InChI is InChI=1S/C13H14ClFN2O2/c1-3-13(2)11(18)16-12(19)17(13)7-8-4-5-10(15)9(14)6-8/h4-6H,3,7H2,1-2H3,(H,16,18,19). The largest absolute Gasteiger partial charge is 0.325 e. The molecule has 1 N–H and O–H groups in total. The van der Waals surface area contributed by atoms with Crippen molar-refractivity contribution in [3.63, 3.8) is 0 Å². The second kappa shape index (κ2) is 4.81. The number of nitrogens with zero attached hydrogens (tertiary/aromatic N) is 1. The average molecular weight is 285 g/mol.